The molecule has 1 aromatic rings. The zero-order chi connectivity index (χ0) is 18.6. The number of dihydropyridines is 1. The van der Waals surface area contributed by atoms with Gasteiger partial charge in [0.25, 0.3) is 5.70 Å². The van der Waals surface area contributed by atoms with Crippen molar-refractivity contribution in [3.63, 3.8) is 0 Å². The van der Waals surface area contributed by atoms with E-state index in [2.05, 4.69) is 17.9 Å². The smallest absolute Gasteiger partial charge is 0.336 e. The van der Waals surface area contributed by atoms with Gasteiger partial charge in [0.05, 0.1) is 22.8 Å². The van der Waals surface area contributed by atoms with E-state index in [1.165, 1.54) is 0 Å². The first kappa shape index (κ1) is 19.1. The van der Waals surface area contributed by atoms with Crippen LogP contribution in [0, 0.1) is 17.0 Å². The number of nitro groups is 1. The molecule has 0 amide bonds. The van der Waals surface area contributed by atoms with Gasteiger partial charge in [-0.2, -0.15) is 12.6 Å². The van der Waals surface area contributed by atoms with Crippen LogP contribution in [0.1, 0.15) is 37.3 Å². The summed E-state index contributed by atoms with van der Waals surface area (Å²) in [6, 6.07) is 7.40. The van der Waals surface area contributed by atoms with E-state index in [4.69, 9.17) is 4.74 Å². The zero-order valence-corrected chi connectivity index (χ0v) is 15.4. The summed E-state index contributed by atoms with van der Waals surface area (Å²) >= 11 is 4.09. The van der Waals surface area contributed by atoms with Crippen molar-refractivity contribution in [2.24, 2.45) is 0 Å². The molecule has 0 saturated heterocycles. The van der Waals surface area contributed by atoms with Gasteiger partial charge in [-0.1, -0.05) is 29.8 Å². The highest BCUT2D eigenvalue weighted by Gasteiger charge is 2.40. The number of rotatable bonds is 6. The molecule has 0 aromatic heterocycles. The van der Waals surface area contributed by atoms with Crippen LogP contribution < -0.4 is 5.32 Å². The van der Waals surface area contributed by atoms with Crippen LogP contribution in [-0.2, 0) is 9.53 Å². The predicted molar refractivity (Wildman–Crippen MR) is 98.9 cm³/mol. The van der Waals surface area contributed by atoms with Gasteiger partial charge in [-0.3, -0.25) is 10.1 Å². The van der Waals surface area contributed by atoms with Crippen LogP contribution >= 0.6 is 12.6 Å². The van der Waals surface area contributed by atoms with Gasteiger partial charge in [0.15, 0.2) is 0 Å². The van der Waals surface area contributed by atoms with Crippen LogP contribution in [0.2, 0.25) is 0 Å². The fraction of sp³-hybridized carbons (Fsp3) is 0.389. The Morgan fingerprint density at radius 3 is 2.64 bits per heavy atom. The molecule has 2 rings (SSSR count). The highest BCUT2D eigenvalue weighted by Crippen LogP contribution is 2.38. The first-order chi connectivity index (χ1) is 11.9. The number of hydrogen-bond donors (Lipinski definition) is 2. The summed E-state index contributed by atoms with van der Waals surface area (Å²) in [6.07, 6.45) is 0.626. The lowest BCUT2D eigenvalue weighted by atomic mass is 9.83. The highest BCUT2D eigenvalue weighted by atomic mass is 32.1. The van der Waals surface area contributed by atoms with Crippen LogP contribution in [0.15, 0.2) is 46.9 Å². The fourth-order valence-electron chi connectivity index (χ4n) is 2.98. The van der Waals surface area contributed by atoms with Crippen LogP contribution in [0.5, 0.6) is 0 Å². The number of aryl methyl sites for hydroxylation is 1. The number of allylic oxidation sites excluding steroid dienone is 3. The SMILES string of the molecule is CC1=C(C(=O)OCCCS)C(c2cccc(C)c2)C([N+](=O)[O-])=C(C)N1. The molecule has 1 heterocycles. The number of hydrogen-bond acceptors (Lipinski definition) is 6. The Morgan fingerprint density at radius 2 is 2.04 bits per heavy atom. The quantitative estimate of drug-likeness (QED) is 0.267. The van der Waals surface area contributed by atoms with E-state index in [9.17, 15) is 14.9 Å². The van der Waals surface area contributed by atoms with Gasteiger partial charge in [0.2, 0.25) is 0 Å². The van der Waals surface area contributed by atoms with Gasteiger partial charge in [0, 0.05) is 5.70 Å². The summed E-state index contributed by atoms with van der Waals surface area (Å²) in [6.45, 7) is 5.52. The molecular formula is C18H22N2O4S. The normalized spacial score (nSPS) is 17.4. The van der Waals surface area contributed by atoms with E-state index < -0.39 is 16.8 Å². The molecule has 6 nitrogen and oxygen atoms in total. The van der Waals surface area contributed by atoms with Crippen LogP contribution in [0.3, 0.4) is 0 Å². The van der Waals surface area contributed by atoms with Crippen molar-refractivity contribution >= 4 is 18.6 Å². The number of carbonyl (C=O) groups excluding carboxylic acids is 1. The summed E-state index contributed by atoms with van der Waals surface area (Å²) in [4.78, 5) is 23.9. The van der Waals surface area contributed by atoms with Gasteiger partial charge < -0.3 is 10.1 Å². The Balaban J connectivity index is 2.52. The lowest BCUT2D eigenvalue weighted by molar-refractivity contribution is -0.431. The Morgan fingerprint density at radius 1 is 1.32 bits per heavy atom. The van der Waals surface area contributed by atoms with E-state index in [-0.39, 0.29) is 17.9 Å². The third-order valence-corrected chi connectivity index (χ3v) is 4.37. The minimum atomic E-state index is -0.764. The second-order valence-electron chi connectivity index (χ2n) is 5.99. The molecule has 0 spiro atoms. The Hall–Kier alpha value is -2.28. The van der Waals surface area contributed by atoms with Crippen molar-refractivity contribution < 1.29 is 14.5 Å². The number of benzene rings is 1. The largest absolute Gasteiger partial charge is 0.462 e. The van der Waals surface area contributed by atoms with Crippen molar-refractivity contribution in [2.75, 3.05) is 12.4 Å². The molecule has 25 heavy (non-hydrogen) atoms. The van der Waals surface area contributed by atoms with E-state index in [1.807, 2.05) is 25.1 Å². The number of carbonyl (C=O) groups is 1. The number of nitrogens with one attached hydrogen (secondary N) is 1. The van der Waals surface area contributed by atoms with E-state index in [0.29, 0.717) is 29.1 Å². The molecule has 0 radical (unpaired) electrons. The third kappa shape index (κ3) is 4.22. The average Bonchev–Trinajstić information content (AvgIpc) is 2.53. The van der Waals surface area contributed by atoms with Crippen molar-refractivity contribution in [3.05, 3.63) is 68.2 Å². The molecular weight excluding hydrogens is 340 g/mol. The molecule has 0 aliphatic carbocycles. The van der Waals surface area contributed by atoms with Gasteiger partial charge in [-0.05, 0) is 38.5 Å². The van der Waals surface area contributed by atoms with Crippen molar-refractivity contribution in [3.8, 4) is 0 Å². The Bertz CT molecular complexity index is 755. The molecule has 1 atom stereocenters. The number of nitrogens with zero attached hydrogens (tertiary/aromatic N) is 1. The average molecular weight is 362 g/mol. The predicted octanol–water partition coefficient (Wildman–Crippen LogP) is 3.33. The standard InChI is InChI=1S/C18H22N2O4S/c1-11-6-4-7-14(10-11)16-15(18(21)24-8-5-9-25)12(2)19-13(3)17(16)20(22)23/h4,6-7,10,16,19,25H,5,8-9H2,1-3H3. The van der Waals surface area contributed by atoms with Crippen LogP contribution in [-0.4, -0.2) is 23.3 Å². The molecule has 1 N–H and O–H groups in total. The maximum Gasteiger partial charge on any atom is 0.336 e. The monoisotopic (exact) mass is 362 g/mol. The van der Waals surface area contributed by atoms with Crippen LogP contribution in [0.4, 0.5) is 0 Å². The molecule has 134 valence electrons. The van der Waals surface area contributed by atoms with Gasteiger partial charge in [0.1, 0.15) is 5.92 Å². The zero-order valence-electron chi connectivity index (χ0n) is 14.5. The summed E-state index contributed by atoms with van der Waals surface area (Å²) < 4.78 is 5.31. The Labute approximate surface area is 152 Å². The molecule has 1 unspecified atom stereocenters. The highest BCUT2D eigenvalue weighted by molar-refractivity contribution is 7.80. The lowest BCUT2D eigenvalue weighted by Gasteiger charge is -2.26. The topological polar surface area (TPSA) is 81.5 Å². The first-order valence-corrected chi connectivity index (χ1v) is 8.67. The maximum atomic E-state index is 12.6. The lowest BCUT2D eigenvalue weighted by Crippen LogP contribution is -2.31. The number of ether oxygens (including phenoxy) is 1. The van der Waals surface area contributed by atoms with Crippen LogP contribution in [0.25, 0.3) is 0 Å². The molecule has 1 aromatic carbocycles. The summed E-state index contributed by atoms with van der Waals surface area (Å²) in [5, 5.41) is 14.6. The summed E-state index contributed by atoms with van der Waals surface area (Å²) in [5.74, 6) is -0.700. The molecule has 0 fully saturated rings. The number of esters is 1. The third-order valence-electron chi connectivity index (χ3n) is 4.05. The molecule has 1 aliphatic rings. The minimum absolute atomic E-state index is 0.0302. The second-order valence-corrected chi connectivity index (χ2v) is 6.44. The molecule has 0 bridgehead atoms. The minimum Gasteiger partial charge on any atom is -0.462 e. The molecule has 1 aliphatic heterocycles. The van der Waals surface area contributed by atoms with E-state index in [0.717, 1.165) is 5.56 Å². The first-order valence-electron chi connectivity index (χ1n) is 8.04. The molecule has 0 saturated carbocycles. The van der Waals surface area contributed by atoms with E-state index >= 15 is 0 Å². The summed E-state index contributed by atoms with van der Waals surface area (Å²) in [7, 11) is 0. The number of thiol groups is 1. The summed E-state index contributed by atoms with van der Waals surface area (Å²) in [5.41, 5.74) is 2.93. The van der Waals surface area contributed by atoms with Gasteiger partial charge in [-0.15, -0.1) is 0 Å². The maximum absolute atomic E-state index is 12.6. The fourth-order valence-corrected chi connectivity index (χ4v) is 3.11. The van der Waals surface area contributed by atoms with Gasteiger partial charge in [-0.25, -0.2) is 4.79 Å². The van der Waals surface area contributed by atoms with Crippen molar-refractivity contribution in [1.82, 2.24) is 5.32 Å². The van der Waals surface area contributed by atoms with E-state index in [1.54, 1.807) is 19.9 Å². The molecule has 7 heteroatoms. The van der Waals surface area contributed by atoms with Crippen molar-refractivity contribution in [2.45, 2.75) is 33.1 Å². The van der Waals surface area contributed by atoms with Crippen molar-refractivity contribution in [1.29, 1.82) is 0 Å². The van der Waals surface area contributed by atoms with Gasteiger partial charge >= 0.3 is 5.97 Å². The second kappa shape index (κ2) is 8.20. The Kier molecular flexibility index (Phi) is 6.25.